The third-order valence-electron chi connectivity index (χ3n) is 5.73. The molecule has 4 rings (SSSR count). The monoisotopic (exact) mass is 486 g/mol. The van der Waals surface area contributed by atoms with Gasteiger partial charge in [0, 0.05) is 24.0 Å². The van der Waals surface area contributed by atoms with E-state index in [0.717, 1.165) is 4.88 Å². The van der Waals surface area contributed by atoms with Crippen LogP contribution in [0.3, 0.4) is 0 Å². The van der Waals surface area contributed by atoms with Crippen LogP contribution >= 0.6 is 11.3 Å². The molecule has 0 aromatic carbocycles. The number of sulfonamides is 1. The van der Waals surface area contributed by atoms with Gasteiger partial charge in [0.25, 0.3) is 10.0 Å². The first-order chi connectivity index (χ1) is 14.5. The average Bonchev–Trinajstić information content (AvgIpc) is 3.40. The van der Waals surface area contributed by atoms with Crippen molar-refractivity contribution in [3.05, 3.63) is 28.8 Å². The number of rotatable bonds is 5. The number of thiophene rings is 1. The number of hydrogen-bond donors (Lipinski definition) is 1. The van der Waals surface area contributed by atoms with Gasteiger partial charge in [-0.05, 0) is 45.2 Å². The predicted octanol–water partition coefficient (Wildman–Crippen LogP) is 1.96. The number of carbonyl (C=O) groups is 1. The molecule has 2 unspecified atom stereocenters. The van der Waals surface area contributed by atoms with Crippen molar-refractivity contribution in [1.29, 1.82) is 0 Å². The number of piperidine rings is 1. The average molecular weight is 487 g/mol. The second-order valence-corrected chi connectivity index (χ2v) is 13.9. The van der Waals surface area contributed by atoms with Crippen LogP contribution in [0.5, 0.6) is 0 Å². The van der Waals surface area contributed by atoms with Gasteiger partial charge < -0.3 is 5.32 Å². The fourth-order valence-electron chi connectivity index (χ4n) is 4.14. The first-order valence-corrected chi connectivity index (χ1v) is 14.3. The van der Waals surface area contributed by atoms with E-state index in [1.54, 1.807) is 29.8 Å². The molecule has 2 saturated heterocycles. The number of nitrogens with one attached hydrogen (secondary N) is 1. The lowest BCUT2D eigenvalue weighted by atomic mass is 9.99. The second-order valence-electron chi connectivity index (χ2n) is 8.23. The van der Waals surface area contributed by atoms with Crippen molar-refractivity contribution in [2.24, 2.45) is 5.92 Å². The summed E-state index contributed by atoms with van der Waals surface area (Å²) in [5.41, 5.74) is 0.681. The molecule has 170 valence electrons. The minimum Gasteiger partial charge on any atom is -0.311 e. The Kier molecular flexibility index (Phi) is 6.01. The number of sulfone groups is 1. The smallest absolute Gasteiger partial charge is 0.252 e. The molecule has 0 spiro atoms. The maximum absolute atomic E-state index is 13.0. The van der Waals surface area contributed by atoms with Crippen LogP contribution in [-0.4, -0.2) is 61.4 Å². The van der Waals surface area contributed by atoms with Crippen molar-refractivity contribution >= 4 is 42.9 Å². The molecule has 2 atom stereocenters. The lowest BCUT2D eigenvalue weighted by Gasteiger charge is -2.30. The van der Waals surface area contributed by atoms with E-state index in [1.165, 1.54) is 15.6 Å². The standard InChI is InChI=1S/C19H26N4O5S3/c1-13-10-17(23(21-13)16-7-9-30(25,26)12-16)20-19(24)15-4-3-8-22(11-15)31(27,28)18-6-5-14(2)29-18/h5-6,10,15-16H,3-4,7-9,11-12H2,1-2H3,(H,20,24). The number of nitrogens with zero attached hydrogens (tertiary/aromatic N) is 3. The van der Waals surface area contributed by atoms with Crippen LogP contribution in [0.4, 0.5) is 5.82 Å². The van der Waals surface area contributed by atoms with Gasteiger partial charge in [-0.2, -0.15) is 9.40 Å². The molecule has 0 saturated carbocycles. The Morgan fingerprint density at radius 2 is 2.03 bits per heavy atom. The lowest BCUT2D eigenvalue weighted by molar-refractivity contribution is -0.120. The molecule has 31 heavy (non-hydrogen) atoms. The first-order valence-electron chi connectivity index (χ1n) is 10.2. The van der Waals surface area contributed by atoms with Gasteiger partial charge in [0.1, 0.15) is 10.0 Å². The molecule has 4 heterocycles. The Hall–Kier alpha value is -1.76. The van der Waals surface area contributed by atoms with Crippen LogP contribution in [0.25, 0.3) is 0 Å². The molecule has 2 aliphatic heterocycles. The summed E-state index contributed by atoms with van der Waals surface area (Å²) in [4.78, 5) is 13.9. The summed E-state index contributed by atoms with van der Waals surface area (Å²) in [5.74, 6) is -0.183. The summed E-state index contributed by atoms with van der Waals surface area (Å²) >= 11 is 1.23. The number of amides is 1. The summed E-state index contributed by atoms with van der Waals surface area (Å²) in [6, 6.07) is 4.79. The second kappa shape index (κ2) is 8.30. The van der Waals surface area contributed by atoms with Crippen LogP contribution in [0, 0.1) is 19.8 Å². The molecule has 2 aromatic rings. The van der Waals surface area contributed by atoms with Crippen LogP contribution < -0.4 is 5.32 Å². The molecule has 0 aliphatic carbocycles. The Morgan fingerprint density at radius 3 is 2.68 bits per heavy atom. The molecule has 12 heteroatoms. The minimum atomic E-state index is -3.62. The van der Waals surface area contributed by atoms with Gasteiger partial charge in [0.15, 0.2) is 9.84 Å². The van der Waals surface area contributed by atoms with Gasteiger partial charge in [0.2, 0.25) is 5.91 Å². The maximum atomic E-state index is 13.0. The van der Waals surface area contributed by atoms with Gasteiger partial charge >= 0.3 is 0 Å². The minimum absolute atomic E-state index is 0.00662. The highest BCUT2D eigenvalue weighted by atomic mass is 32.2. The number of aryl methyl sites for hydroxylation is 2. The molecule has 1 N–H and O–H groups in total. The molecule has 0 bridgehead atoms. The summed E-state index contributed by atoms with van der Waals surface area (Å²) in [6.45, 7) is 4.15. The van der Waals surface area contributed by atoms with E-state index in [1.807, 2.05) is 6.92 Å². The Bertz CT molecular complexity index is 1200. The summed E-state index contributed by atoms with van der Waals surface area (Å²) < 4.78 is 52.9. The van der Waals surface area contributed by atoms with E-state index in [4.69, 9.17) is 0 Å². The summed E-state index contributed by atoms with van der Waals surface area (Å²) in [7, 11) is -6.72. The van der Waals surface area contributed by atoms with E-state index < -0.39 is 25.8 Å². The third kappa shape index (κ3) is 4.71. The van der Waals surface area contributed by atoms with Crippen LogP contribution in [-0.2, 0) is 24.7 Å². The maximum Gasteiger partial charge on any atom is 0.252 e. The quantitative estimate of drug-likeness (QED) is 0.690. The van der Waals surface area contributed by atoms with Crippen LogP contribution in [0.15, 0.2) is 22.4 Å². The van der Waals surface area contributed by atoms with E-state index in [2.05, 4.69) is 10.4 Å². The summed E-state index contributed by atoms with van der Waals surface area (Å²) in [5, 5.41) is 7.25. The number of carbonyl (C=O) groups excluding carboxylic acids is 1. The highest BCUT2D eigenvalue weighted by Gasteiger charge is 2.35. The molecular weight excluding hydrogens is 460 g/mol. The third-order valence-corrected chi connectivity index (χ3v) is 10.8. The van der Waals surface area contributed by atoms with Gasteiger partial charge in [0.05, 0.1) is 29.2 Å². The SMILES string of the molecule is Cc1cc(NC(=O)C2CCCN(S(=O)(=O)c3ccc(C)s3)C2)n(C2CCS(=O)(=O)C2)n1. The van der Waals surface area contributed by atoms with E-state index >= 15 is 0 Å². The van der Waals surface area contributed by atoms with E-state index in [0.29, 0.717) is 41.5 Å². The normalized spacial score (nSPS) is 24.3. The molecule has 2 aromatic heterocycles. The van der Waals surface area contributed by atoms with E-state index in [-0.39, 0.29) is 30.0 Å². The van der Waals surface area contributed by atoms with Crippen molar-refractivity contribution < 1.29 is 21.6 Å². The molecule has 2 fully saturated rings. The van der Waals surface area contributed by atoms with Gasteiger partial charge in [-0.25, -0.2) is 21.5 Å². The zero-order valence-electron chi connectivity index (χ0n) is 17.4. The summed E-state index contributed by atoms with van der Waals surface area (Å²) in [6.07, 6.45) is 1.65. The van der Waals surface area contributed by atoms with Crippen molar-refractivity contribution in [1.82, 2.24) is 14.1 Å². The highest BCUT2D eigenvalue weighted by molar-refractivity contribution is 7.91. The highest BCUT2D eigenvalue weighted by Crippen LogP contribution is 2.30. The fraction of sp³-hybridized carbons (Fsp3) is 0.579. The fourth-order valence-corrected chi connectivity index (χ4v) is 8.79. The molecule has 1 amide bonds. The zero-order chi connectivity index (χ0) is 22.4. The van der Waals surface area contributed by atoms with Crippen LogP contribution in [0.1, 0.15) is 35.9 Å². The molecule has 2 aliphatic rings. The lowest BCUT2D eigenvalue weighted by Crippen LogP contribution is -2.43. The largest absolute Gasteiger partial charge is 0.311 e. The van der Waals surface area contributed by atoms with Gasteiger partial charge in [-0.15, -0.1) is 11.3 Å². The van der Waals surface area contributed by atoms with Crippen molar-refractivity contribution in [3.8, 4) is 0 Å². The molecular formula is C19H26N4O5S3. The Morgan fingerprint density at radius 1 is 1.26 bits per heavy atom. The Labute approximate surface area is 186 Å². The van der Waals surface area contributed by atoms with Crippen molar-refractivity contribution in [2.45, 2.75) is 43.4 Å². The Balaban J connectivity index is 1.48. The van der Waals surface area contributed by atoms with Crippen molar-refractivity contribution in [3.63, 3.8) is 0 Å². The van der Waals surface area contributed by atoms with Gasteiger partial charge in [-0.1, -0.05) is 0 Å². The first kappa shape index (κ1) is 22.4. The zero-order valence-corrected chi connectivity index (χ0v) is 19.9. The molecule has 0 radical (unpaired) electrons. The number of hydrogen-bond acceptors (Lipinski definition) is 7. The van der Waals surface area contributed by atoms with Crippen LogP contribution in [0.2, 0.25) is 0 Å². The molecule has 9 nitrogen and oxygen atoms in total. The number of aromatic nitrogens is 2. The van der Waals surface area contributed by atoms with E-state index in [9.17, 15) is 21.6 Å². The topological polar surface area (TPSA) is 118 Å². The predicted molar refractivity (Wildman–Crippen MR) is 118 cm³/mol. The van der Waals surface area contributed by atoms with Gasteiger partial charge in [-0.3, -0.25) is 4.79 Å². The van der Waals surface area contributed by atoms with Crippen molar-refractivity contribution in [2.75, 3.05) is 29.9 Å². The number of anilines is 1.